The lowest BCUT2D eigenvalue weighted by Crippen LogP contribution is -2.16. The molecule has 24 heavy (non-hydrogen) atoms. The summed E-state index contributed by atoms with van der Waals surface area (Å²) in [6.45, 7) is 3.42. The Kier molecular flexibility index (Phi) is 4.42. The molecule has 0 radical (unpaired) electrons. The van der Waals surface area contributed by atoms with Crippen molar-refractivity contribution >= 4 is 17.3 Å². The molecule has 0 aliphatic heterocycles. The molecule has 0 bridgehead atoms. The predicted molar refractivity (Wildman–Crippen MR) is 91.8 cm³/mol. The number of oxime groups is 1. The summed E-state index contributed by atoms with van der Waals surface area (Å²) >= 11 is 0. The first kappa shape index (κ1) is 15.9. The molecule has 1 aromatic heterocycles. The summed E-state index contributed by atoms with van der Waals surface area (Å²) in [5.74, 6) is -0.358. The minimum absolute atomic E-state index is 0.358. The van der Waals surface area contributed by atoms with Crippen LogP contribution >= 0.6 is 0 Å². The molecule has 1 N–H and O–H groups in total. The third kappa shape index (κ3) is 3.06. The summed E-state index contributed by atoms with van der Waals surface area (Å²) in [5.41, 5.74) is 5.51. The van der Waals surface area contributed by atoms with Crippen molar-refractivity contribution in [1.29, 1.82) is 0 Å². The van der Waals surface area contributed by atoms with Gasteiger partial charge in [-0.1, -0.05) is 23.4 Å². The summed E-state index contributed by atoms with van der Waals surface area (Å²) < 4.78 is 5.43. The van der Waals surface area contributed by atoms with Crippen LogP contribution in [-0.4, -0.2) is 28.0 Å². The molecule has 0 fully saturated rings. The van der Waals surface area contributed by atoms with Crippen molar-refractivity contribution in [3.63, 3.8) is 0 Å². The molecule has 5 heteroatoms. The molecular weight excluding hydrogens is 304 g/mol. The molecular formula is C19H18N2O3. The molecule has 3 rings (SSSR count). The molecule has 2 aromatic rings. The highest BCUT2D eigenvalue weighted by Crippen LogP contribution is 2.37. The summed E-state index contributed by atoms with van der Waals surface area (Å²) in [6.07, 6.45) is 5.20. The predicted octanol–water partition coefficient (Wildman–Crippen LogP) is 3.61. The van der Waals surface area contributed by atoms with Crippen molar-refractivity contribution in [3.05, 3.63) is 59.9 Å². The fourth-order valence-electron chi connectivity index (χ4n) is 3.07. The molecule has 1 aromatic carbocycles. The van der Waals surface area contributed by atoms with Crippen LogP contribution in [0.1, 0.15) is 24.5 Å². The zero-order valence-corrected chi connectivity index (χ0v) is 13.6. The van der Waals surface area contributed by atoms with Crippen LogP contribution in [0.3, 0.4) is 0 Å². The molecule has 122 valence electrons. The topological polar surface area (TPSA) is 71.8 Å². The molecule has 0 amide bonds. The van der Waals surface area contributed by atoms with E-state index in [1.165, 1.54) is 6.92 Å². The van der Waals surface area contributed by atoms with Crippen molar-refractivity contribution in [2.24, 2.45) is 5.16 Å². The van der Waals surface area contributed by atoms with E-state index in [-0.39, 0.29) is 5.97 Å². The Morgan fingerprint density at radius 2 is 2.04 bits per heavy atom. The summed E-state index contributed by atoms with van der Waals surface area (Å²) in [6, 6.07) is 9.89. The SMILES string of the molecule is CC(=O)OC1C/C(=N/O)C=C1c1cccc(C)c1-c1ccncc1. The normalized spacial score (nSPS) is 18.5. The molecule has 0 saturated heterocycles. The number of pyridine rings is 1. The van der Waals surface area contributed by atoms with Crippen molar-refractivity contribution in [3.8, 4) is 11.1 Å². The van der Waals surface area contributed by atoms with Gasteiger partial charge in [-0.15, -0.1) is 0 Å². The van der Waals surface area contributed by atoms with Crippen LogP contribution in [0.15, 0.2) is 54.0 Å². The maximum Gasteiger partial charge on any atom is 0.303 e. The Bertz CT molecular complexity index is 826. The molecule has 0 saturated carbocycles. The van der Waals surface area contributed by atoms with E-state index in [1.807, 2.05) is 37.3 Å². The zero-order chi connectivity index (χ0) is 17.1. The zero-order valence-electron chi connectivity index (χ0n) is 13.6. The summed E-state index contributed by atoms with van der Waals surface area (Å²) in [4.78, 5) is 15.5. The number of benzene rings is 1. The van der Waals surface area contributed by atoms with Crippen LogP contribution in [0.2, 0.25) is 0 Å². The van der Waals surface area contributed by atoms with Gasteiger partial charge >= 0.3 is 5.97 Å². The lowest BCUT2D eigenvalue weighted by Gasteiger charge is -2.19. The fraction of sp³-hybridized carbons (Fsp3) is 0.211. The molecule has 1 heterocycles. The van der Waals surface area contributed by atoms with Crippen LogP contribution < -0.4 is 0 Å². The fourth-order valence-corrected chi connectivity index (χ4v) is 3.07. The van der Waals surface area contributed by atoms with Crippen molar-refractivity contribution in [2.75, 3.05) is 0 Å². The Balaban J connectivity index is 2.15. The smallest absolute Gasteiger partial charge is 0.303 e. The summed E-state index contributed by atoms with van der Waals surface area (Å²) in [5, 5.41) is 12.4. The third-order valence-corrected chi connectivity index (χ3v) is 4.05. The number of aromatic nitrogens is 1. The molecule has 5 nitrogen and oxygen atoms in total. The lowest BCUT2D eigenvalue weighted by atomic mass is 9.90. The van der Waals surface area contributed by atoms with E-state index in [4.69, 9.17) is 9.94 Å². The first-order chi connectivity index (χ1) is 11.6. The van der Waals surface area contributed by atoms with Gasteiger partial charge in [-0.25, -0.2) is 0 Å². The molecule has 0 spiro atoms. The van der Waals surface area contributed by atoms with Gasteiger partial charge < -0.3 is 9.94 Å². The van der Waals surface area contributed by atoms with Gasteiger partial charge in [0.15, 0.2) is 0 Å². The molecule has 1 aliphatic rings. The highest BCUT2D eigenvalue weighted by Gasteiger charge is 2.29. The highest BCUT2D eigenvalue weighted by atomic mass is 16.5. The van der Waals surface area contributed by atoms with Gasteiger partial charge in [0.05, 0.1) is 5.71 Å². The van der Waals surface area contributed by atoms with E-state index in [0.29, 0.717) is 12.1 Å². The van der Waals surface area contributed by atoms with E-state index in [2.05, 4.69) is 10.1 Å². The van der Waals surface area contributed by atoms with Gasteiger partial charge in [-0.2, -0.15) is 0 Å². The number of aryl methyl sites for hydroxylation is 1. The first-order valence-corrected chi connectivity index (χ1v) is 7.70. The average Bonchev–Trinajstić information content (AvgIpc) is 2.97. The average molecular weight is 322 g/mol. The maximum absolute atomic E-state index is 11.4. The highest BCUT2D eigenvalue weighted by molar-refractivity contribution is 6.08. The second-order valence-corrected chi connectivity index (χ2v) is 5.73. The van der Waals surface area contributed by atoms with Gasteiger partial charge in [0.1, 0.15) is 6.10 Å². The number of hydrogen-bond acceptors (Lipinski definition) is 5. The quantitative estimate of drug-likeness (QED) is 0.532. The van der Waals surface area contributed by atoms with Gasteiger partial charge in [0.2, 0.25) is 0 Å². The Labute approximate surface area is 140 Å². The molecule has 1 unspecified atom stereocenters. The van der Waals surface area contributed by atoms with Crippen molar-refractivity contribution in [1.82, 2.24) is 4.98 Å². The van der Waals surface area contributed by atoms with E-state index in [9.17, 15) is 4.79 Å². The van der Waals surface area contributed by atoms with Crippen LogP contribution in [0, 0.1) is 6.92 Å². The van der Waals surface area contributed by atoms with E-state index in [0.717, 1.165) is 27.8 Å². The van der Waals surface area contributed by atoms with Crippen LogP contribution in [0.25, 0.3) is 16.7 Å². The number of nitrogens with zero attached hydrogens (tertiary/aromatic N) is 2. The minimum atomic E-state index is -0.448. The Morgan fingerprint density at radius 3 is 2.71 bits per heavy atom. The van der Waals surface area contributed by atoms with E-state index < -0.39 is 6.10 Å². The monoisotopic (exact) mass is 322 g/mol. The second-order valence-electron chi connectivity index (χ2n) is 5.73. The molecule has 1 atom stereocenters. The van der Waals surface area contributed by atoms with E-state index >= 15 is 0 Å². The minimum Gasteiger partial charge on any atom is -0.457 e. The number of allylic oxidation sites excluding steroid dienone is 1. The molecule has 1 aliphatic carbocycles. The van der Waals surface area contributed by atoms with Gasteiger partial charge in [-0.3, -0.25) is 9.78 Å². The first-order valence-electron chi connectivity index (χ1n) is 7.70. The van der Waals surface area contributed by atoms with E-state index in [1.54, 1.807) is 18.5 Å². The standard InChI is InChI=1S/C19H18N2O3/c1-12-4-3-5-16(19(12)14-6-8-20-9-7-14)17-10-15(21-23)11-18(17)24-13(2)22/h3-10,18,23H,11H2,1-2H3/b21-15+. The van der Waals surface area contributed by atoms with Crippen LogP contribution in [-0.2, 0) is 9.53 Å². The number of ether oxygens (including phenoxy) is 1. The van der Waals surface area contributed by atoms with Crippen LogP contribution in [0.5, 0.6) is 0 Å². The Morgan fingerprint density at radius 1 is 1.29 bits per heavy atom. The lowest BCUT2D eigenvalue weighted by molar-refractivity contribution is -0.143. The Hall–Kier alpha value is -2.95. The van der Waals surface area contributed by atoms with Gasteiger partial charge in [0, 0.05) is 31.3 Å². The van der Waals surface area contributed by atoms with Crippen molar-refractivity contribution < 1.29 is 14.7 Å². The van der Waals surface area contributed by atoms with Gasteiger partial charge in [0.25, 0.3) is 0 Å². The van der Waals surface area contributed by atoms with Crippen molar-refractivity contribution in [2.45, 2.75) is 26.4 Å². The second kappa shape index (κ2) is 6.66. The number of rotatable bonds is 3. The number of carbonyl (C=O) groups is 1. The number of carbonyl (C=O) groups excluding carboxylic acids is 1. The van der Waals surface area contributed by atoms with Gasteiger partial charge in [-0.05, 0) is 47.4 Å². The summed E-state index contributed by atoms with van der Waals surface area (Å²) in [7, 11) is 0. The number of hydrogen-bond donors (Lipinski definition) is 1. The van der Waals surface area contributed by atoms with Crippen LogP contribution in [0.4, 0.5) is 0 Å². The third-order valence-electron chi connectivity index (χ3n) is 4.05. The largest absolute Gasteiger partial charge is 0.457 e. The maximum atomic E-state index is 11.4. The number of esters is 1.